The highest BCUT2D eigenvalue weighted by atomic mass is 32.1. The van der Waals surface area contributed by atoms with E-state index in [0.29, 0.717) is 27.6 Å². The van der Waals surface area contributed by atoms with Crippen molar-refractivity contribution in [3.05, 3.63) is 28.8 Å². The number of primary amides is 1. The fourth-order valence-electron chi connectivity index (χ4n) is 2.27. The minimum atomic E-state index is -0.600. The van der Waals surface area contributed by atoms with Crippen molar-refractivity contribution in [2.45, 2.75) is 6.92 Å². The molecule has 0 saturated carbocycles. The Hall–Kier alpha value is -3.18. The molecule has 3 aromatic rings. The first kappa shape index (κ1) is 15.7. The highest BCUT2D eigenvalue weighted by Crippen LogP contribution is 2.38. The van der Waals surface area contributed by atoms with Crippen molar-refractivity contribution in [1.29, 1.82) is 0 Å². The van der Waals surface area contributed by atoms with Gasteiger partial charge >= 0.3 is 0 Å². The normalized spacial score (nSPS) is 10.5. The summed E-state index contributed by atoms with van der Waals surface area (Å²) in [6, 6.07) is 5.57. The number of nitrogens with zero attached hydrogens (tertiary/aromatic N) is 3. The van der Waals surface area contributed by atoms with E-state index in [1.165, 1.54) is 0 Å². The van der Waals surface area contributed by atoms with Crippen LogP contribution in [0.25, 0.3) is 21.6 Å². The van der Waals surface area contributed by atoms with Crippen LogP contribution in [-0.4, -0.2) is 27.4 Å². The van der Waals surface area contributed by atoms with Crippen LogP contribution in [-0.2, 0) is 0 Å². The Labute approximate surface area is 142 Å². The van der Waals surface area contributed by atoms with Gasteiger partial charge in [0.1, 0.15) is 15.4 Å². The van der Waals surface area contributed by atoms with E-state index >= 15 is 0 Å². The number of terminal acetylenes is 1. The summed E-state index contributed by atoms with van der Waals surface area (Å²) in [6.07, 6.45) is 5.27. The SMILES string of the molecule is C#CCNc1nc(-c2cccc(C)n2)c2c(N)c(C(N)=O)sc2n1. The van der Waals surface area contributed by atoms with E-state index in [2.05, 4.69) is 26.2 Å². The first-order valence-corrected chi connectivity index (χ1v) is 7.84. The summed E-state index contributed by atoms with van der Waals surface area (Å²) in [5, 5.41) is 3.50. The molecule has 8 heteroatoms. The zero-order valence-corrected chi connectivity index (χ0v) is 13.6. The maximum absolute atomic E-state index is 11.6. The average molecular weight is 338 g/mol. The molecule has 3 aromatic heterocycles. The summed E-state index contributed by atoms with van der Waals surface area (Å²) < 4.78 is 0. The second-order valence-corrected chi connectivity index (χ2v) is 6.01. The van der Waals surface area contributed by atoms with Gasteiger partial charge in [0.25, 0.3) is 5.91 Å². The van der Waals surface area contributed by atoms with Crippen molar-refractivity contribution < 1.29 is 4.79 Å². The second kappa shape index (κ2) is 6.14. The second-order valence-electron chi connectivity index (χ2n) is 5.01. The van der Waals surface area contributed by atoms with Crippen LogP contribution in [0.15, 0.2) is 18.2 Å². The van der Waals surface area contributed by atoms with Gasteiger partial charge in [-0.25, -0.2) is 9.97 Å². The van der Waals surface area contributed by atoms with Crippen molar-refractivity contribution in [2.24, 2.45) is 5.73 Å². The predicted octanol–water partition coefficient (Wildman–Crippen LogP) is 1.79. The minimum Gasteiger partial charge on any atom is -0.397 e. The molecule has 0 radical (unpaired) electrons. The van der Waals surface area contributed by atoms with E-state index in [9.17, 15) is 4.79 Å². The van der Waals surface area contributed by atoms with Crippen LogP contribution in [0.1, 0.15) is 15.4 Å². The summed E-state index contributed by atoms with van der Waals surface area (Å²) in [7, 11) is 0. The van der Waals surface area contributed by atoms with Gasteiger partial charge in [-0.15, -0.1) is 17.8 Å². The number of nitrogens with one attached hydrogen (secondary N) is 1. The number of nitrogens with two attached hydrogens (primary N) is 2. The molecule has 3 heterocycles. The lowest BCUT2D eigenvalue weighted by Crippen LogP contribution is -2.10. The molecule has 0 fully saturated rings. The predicted molar refractivity (Wildman–Crippen MR) is 95.6 cm³/mol. The molecule has 120 valence electrons. The smallest absolute Gasteiger partial charge is 0.260 e. The van der Waals surface area contributed by atoms with E-state index < -0.39 is 5.91 Å². The van der Waals surface area contributed by atoms with Crippen molar-refractivity contribution in [3.8, 4) is 23.7 Å². The third kappa shape index (κ3) is 2.73. The van der Waals surface area contributed by atoms with Gasteiger partial charge in [-0.05, 0) is 19.1 Å². The molecule has 0 bridgehead atoms. The van der Waals surface area contributed by atoms with Crippen LogP contribution in [0.4, 0.5) is 11.6 Å². The summed E-state index contributed by atoms with van der Waals surface area (Å²) in [6.45, 7) is 2.15. The van der Waals surface area contributed by atoms with Crippen LogP contribution >= 0.6 is 11.3 Å². The lowest BCUT2D eigenvalue weighted by atomic mass is 10.1. The van der Waals surface area contributed by atoms with Gasteiger partial charge in [0.2, 0.25) is 5.95 Å². The quantitative estimate of drug-likeness (QED) is 0.624. The van der Waals surface area contributed by atoms with Gasteiger partial charge in [0.05, 0.1) is 23.3 Å². The van der Waals surface area contributed by atoms with E-state index in [1.54, 1.807) is 0 Å². The number of fused-ring (bicyclic) bond motifs is 1. The Balaban J connectivity index is 2.31. The van der Waals surface area contributed by atoms with Crippen LogP contribution in [0.3, 0.4) is 0 Å². The number of amides is 1. The maximum atomic E-state index is 11.6. The molecule has 5 N–H and O–H groups in total. The number of pyridine rings is 1. The number of hydrogen-bond acceptors (Lipinski definition) is 7. The number of carbonyl (C=O) groups excluding carboxylic acids is 1. The fourth-order valence-corrected chi connectivity index (χ4v) is 3.22. The van der Waals surface area contributed by atoms with E-state index in [1.807, 2.05) is 25.1 Å². The molecule has 0 atom stereocenters. The lowest BCUT2D eigenvalue weighted by molar-refractivity contribution is 0.100. The fraction of sp³-hybridized carbons (Fsp3) is 0.125. The number of anilines is 2. The topological polar surface area (TPSA) is 120 Å². The van der Waals surface area contributed by atoms with Gasteiger partial charge in [-0.2, -0.15) is 0 Å². The molecular formula is C16H14N6OS. The van der Waals surface area contributed by atoms with Crippen LogP contribution < -0.4 is 16.8 Å². The Bertz CT molecular complexity index is 988. The minimum absolute atomic E-state index is 0.252. The first-order valence-electron chi connectivity index (χ1n) is 7.02. The summed E-state index contributed by atoms with van der Waals surface area (Å²) in [5.41, 5.74) is 13.8. The number of aromatic nitrogens is 3. The molecule has 0 aliphatic rings. The number of thiophene rings is 1. The zero-order chi connectivity index (χ0) is 17.3. The molecule has 0 aromatic carbocycles. The molecule has 3 rings (SSSR count). The van der Waals surface area contributed by atoms with E-state index in [4.69, 9.17) is 17.9 Å². The number of aryl methyl sites for hydroxylation is 1. The molecule has 0 unspecified atom stereocenters. The summed E-state index contributed by atoms with van der Waals surface area (Å²) in [5.74, 6) is 2.21. The Morgan fingerprint density at radius 2 is 2.17 bits per heavy atom. The lowest BCUT2D eigenvalue weighted by Gasteiger charge is -2.07. The first-order chi connectivity index (χ1) is 11.5. The van der Waals surface area contributed by atoms with Crippen molar-refractivity contribution in [3.63, 3.8) is 0 Å². The van der Waals surface area contributed by atoms with Crippen molar-refractivity contribution >= 4 is 39.1 Å². The van der Waals surface area contributed by atoms with Crippen molar-refractivity contribution in [1.82, 2.24) is 15.0 Å². The monoisotopic (exact) mass is 338 g/mol. The number of carbonyl (C=O) groups is 1. The van der Waals surface area contributed by atoms with Crippen LogP contribution in [0, 0.1) is 19.3 Å². The van der Waals surface area contributed by atoms with Crippen molar-refractivity contribution in [2.75, 3.05) is 17.6 Å². The van der Waals surface area contributed by atoms with Gasteiger partial charge in [0.15, 0.2) is 0 Å². The van der Waals surface area contributed by atoms with Gasteiger partial charge in [-0.1, -0.05) is 12.0 Å². The molecular weight excluding hydrogens is 324 g/mol. The third-order valence-electron chi connectivity index (χ3n) is 3.29. The Morgan fingerprint density at radius 3 is 2.83 bits per heavy atom. The van der Waals surface area contributed by atoms with Crippen LogP contribution in [0.5, 0.6) is 0 Å². The average Bonchev–Trinajstić information content (AvgIpc) is 2.89. The van der Waals surface area contributed by atoms with Gasteiger partial charge < -0.3 is 16.8 Å². The Morgan fingerprint density at radius 1 is 1.38 bits per heavy atom. The summed E-state index contributed by atoms with van der Waals surface area (Å²) >= 11 is 1.12. The molecule has 0 aliphatic heterocycles. The number of nitrogen functional groups attached to an aromatic ring is 1. The zero-order valence-electron chi connectivity index (χ0n) is 12.8. The molecule has 1 amide bonds. The van der Waals surface area contributed by atoms with Gasteiger partial charge in [-0.3, -0.25) is 9.78 Å². The molecule has 0 spiro atoms. The molecule has 0 saturated heterocycles. The standard InChI is InChI=1S/C16H14N6OS/c1-3-7-19-16-21-12(9-6-4-5-8(2)20-9)10-11(17)13(14(18)23)24-15(10)22-16/h1,4-6H,7,17H2,2H3,(H2,18,23)(H,19,21,22). The highest BCUT2D eigenvalue weighted by Gasteiger charge is 2.21. The molecule has 0 aliphatic carbocycles. The number of rotatable bonds is 4. The highest BCUT2D eigenvalue weighted by molar-refractivity contribution is 7.21. The Kier molecular flexibility index (Phi) is 4.02. The van der Waals surface area contributed by atoms with E-state index in [-0.39, 0.29) is 17.1 Å². The maximum Gasteiger partial charge on any atom is 0.260 e. The largest absolute Gasteiger partial charge is 0.397 e. The third-order valence-corrected chi connectivity index (χ3v) is 4.41. The van der Waals surface area contributed by atoms with Crippen LogP contribution in [0.2, 0.25) is 0 Å². The molecule has 24 heavy (non-hydrogen) atoms. The summed E-state index contributed by atoms with van der Waals surface area (Å²) in [4.78, 5) is 25.7. The number of hydrogen-bond donors (Lipinski definition) is 3. The van der Waals surface area contributed by atoms with E-state index in [0.717, 1.165) is 17.0 Å². The van der Waals surface area contributed by atoms with Gasteiger partial charge in [0, 0.05) is 5.69 Å². The molecule has 7 nitrogen and oxygen atoms in total.